The van der Waals surface area contributed by atoms with Crippen molar-refractivity contribution in [3.05, 3.63) is 62.6 Å². The number of fused-ring (bicyclic) bond motifs is 2. The number of rotatable bonds is 3. The van der Waals surface area contributed by atoms with Crippen LogP contribution in [-0.2, 0) is 0 Å². The van der Waals surface area contributed by atoms with E-state index in [2.05, 4.69) is 15.1 Å². The molecule has 0 spiro atoms. The molecule has 0 bridgehead atoms. The minimum Gasteiger partial charge on any atom is -0.336 e. The van der Waals surface area contributed by atoms with Crippen molar-refractivity contribution >= 4 is 44.6 Å². The molecular formula is C18H11ClN6O2S. The molecule has 5 rings (SSSR count). The number of halogens is 1. The molecule has 0 aliphatic heterocycles. The Hall–Kier alpha value is -3.30. The van der Waals surface area contributed by atoms with Gasteiger partial charge in [-0.15, -0.1) is 0 Å². The summed E-state index contributed by atoms with van der Waals surface area (Å²) in [6.07, 6.45) is 0. The number of H-pyrrole nitrogens is 1. The van der Waals surface area contributed by atoms with E-state index in [1.54, 1.807) is 22.7 Å². The van der Waals surface area contributed by atoms with Crippen molar-refractivity contribution in [3.63, 3.8) is 0 Å². The van der Waals surface area contributed by atoms with Crippen LogP contribution >= 0.6 is 22.9 Å². The number of hydrogen-bond acceptors (Lipinski definition) is 6. The molecule has 8 nitrogen and oxygen atoms in total. The number of nitrogens with one attached hydrogen (secondary N) is 1. The summed E-state index contributed by atoms with van der Waals surface area (Å²) >= 11 is 7.50. The summed E-state index contributed by atoms with van der Waals surface area (Å²) in [6.45, 7) is 1.91. The standard InChI is InChI=1S/C18H11ClN6O2S/c1-9-23-24-16(15(22-18(24)28-9)10-2-4-11(19)5-3-10)17-20-13-7-6-12(25(26)27)8-14(13)21-17/h2-8H,1H3,(H,20,21). The molecule has 3 aromatic heterocycles. The molecule has 3 heterocycles. The average Bonchev–Trinajstić information content (AvgIpc) is 3.32. The van der Waals surface area contributed by atoms with Crippen molar-refractivity contribution in [2.24, 2.45) is 0 Å². The van der Waals surface area contributed by atoms with E-state index in [4.69, 9.17) is 16.6 Å². The third-order valence-electron chi connectivity index (χ3n) is 4.32. The predicted molar refractivity (Wildman–Crippen MR) is 108 cm³/mol. The summed E-state index contributed by atoms with van der Waals surface area (Å²) in [5.41, 5.74) is 3.49. The fourth-order valence-electron chi connectivity index (χ4n) is 3.09. The first-order valence-electron chi connectivity index (χ1n) is 8.26. The smallest absolute Gasteiger partial charge is 0.271 e. The lowest BCUT2D eigenvalue weighted by atomic mass is 10.1. The average molecular weight is 411 g/mol. The zero-order chi connectivity index (χ0) is 19.4. The third kappa shape index (κ3) is 2.63. The molecule has 0 aliphatic carbocycles. The van der Waals surface area contributed by atoms with E-state index in [9.17, 15) is 10.1 Å². The lowest BCUT2D eigenvalue weighted by Crippen LogP contribution is -1.93. The number of nitrogens with zero attached hydrogens (tertiary/aromatic N) is 5. The summed E-state index contributed by atoms with van der Waals surface area (Å²) in [4.78, 5) is 23.9. The van der Waals surface area contributed by atoms with Gasteiger partial charge in [-0.1, -0.05) is 35.1 Å². The monoisotopic (exact) mass is 410 g/mol. The number of nitro groups is 1. The van der Waals surface area contributed by atoms with Crippen LogP contribution in [0.25, 0.3) is 38.8 Å². The fraction of sp³-hybridized carbons (Fsp3) is 0.0556. The summed E-state index contributed by atoms with van der Waals surface area (Å²) in [6, 6.07) is 11.9. The van der Waals surface area contributed by atoms with Crippen LogP contribution in [0, 0.1) is 17.0 Å². The van der Waals surface area contributed by atoms with Crippen LogP contribution in [0.4, 0.5) is 5.69 Å². The van der Waals surface area contributed by atoms with Gasteiger partial charge in [-0.05, 0) is 25.1 Å². The molecular weight excluding hydrogens is 400 g/mol. The van der Waals surface area contributed by atoms with Crippen LogP contribution in [0.1, 0.15) is 5.01 Å². The lowest BCUT2D eigenvalue weighted by Gasteiger charge is -2.01. The van der Waals surface area contributed by atoms with Crippen molar-refractivity contribution in [1.82, 2.24) is 24.6 Å². The molecule has 1 N–H and O–H groups in total. The van der Waals surface area contributed by atoms with Crippen molar-refractivity contribution in [1.29, 1.82) is 0 Å². The third-order valence-corrected chi connectivity index (χ3v) is 5.40. The zero-order valence-corrected chi connectivity index (χ0v) is 16.0. The van der Waals surface area contributed by atoms with Crippen molar-refractivity contribution < 1.29 is 4.92 Å². The lowest BCUT2D eigenvalue weighted by molar-refractivity contribution is -0.384. The SMILES string of the molecule is Cc1nn2c(-c3nc4ccc([N+](=O)[O-])cc4[nH]3)c(-c3ccc(Cl)cc3)nc2s1. The first kappa shape index (κ1) is 16.8. The zero-order valence-electron chi connectivity index (χ0n) is 14.4. The maximum atomic E-state index is 11.1. The van der Waals surface area contributed by atoms with Gasteiger partial charge in [0.2, 0.25) is 4.96 Å². The van der Waals surface area contributed by atoms with Crippen LogP contribution in [0.2, 0.25) is 5.02 Å². The van der Waals surface area contributed by atoms with Crippen LogP contribution in [0.3, 0.4) is 0 Å². The Morgan fingerprint density at radius 1 is 1.18 bits per heavy atom. The molecule has 0 amide bonds. The van der Waals surface area contributed by atoms with Gasteiger partial charge in [-0.3, -0.25) is 10.1 Å². The number of imidazole rings is 2. The van der Waals surface area contributed by atoms with E-state index in [-0.39, 0.29) is 5.69 Å². The molecule has 0 radical (unpaired) electrons. The Bertz CT molecular complexity index is 1370. The number of aryl methyl sites for hydroxylation is 1. The number of hydrogen-bond donors (Lipinski definition) is 1. The highest BCUT2D eigenvalue weighted by Crippen LogP contribution is 2.34. The second kappa shape index (κ2) is 6.11. The van der Waals surface area contributed by atoms with Crippen LogP contribution in [0.5, 0.6) is 0 Å². The fourth-order valence-corrected chi connectivity index (χ4v) is 3.96. The van der Waals surface area contributed by atoms with Gasteiger partial charge in [0.25, 0.3) is 5.69 Å². The van der Waals surface area contributed by atoms with Crippen LogP contribution < -0.4 is 0 Å². The molecule has 0 atom stereocenters. The van der Waals surface area contributed by atoms with Gasteiger partial charge in [-0.2, -0.15) is 9.61 Å². The second-order valence-corrected chi connectivity index (χ2v) is 7.77. The second-order valence-electron chi connectivity index (χ2n) is 6.18. The van der Waals surface area contributed by atoms with Gasteiger partial charge in [-0.25, -0.2) is 9.97 Å². The van der Waals surface area contributed by atoms with Gasteiger partial charge in [0, 0.05) is 22.7 Å². The normalized spacial score (nSPS) is 11.5. The van der Waals surface area contributed by atoms with Gasteiger partial charge in [0.05, 0.1) is 16.0 Å². The maximum absolute atomic E-state index is 11.1. The molecule has 28 heavy (non-hydrogen) atoms. The molecule has 0 saturated carbocycles. The molecule has 10 heteroatoms. The summed E-state index contributed by atoms with van der Waals surface area (Å²) in [7, 11) is 0. The maximum Gasteiger partial charge on any atom is 0.271 e. The van der Waals surface area contributed by atoms with E-state index in [0.717, 1.165) is 15.5 Å². The van der Waals surface area contributed by atoms with Gasteiger partial charge in [0.15, 0.2) is 5.82 Å². The largest absolute Gasteiger partial charge is 0.336 e. The van der Waals surface area contributed by atoms with Crippen LogP contribution in [0.15, 0.2) is 42.5 Å². The topological polar surface area (TPSA) is 102 Å². The first-order chi connectivity index (χ1) is 13.5. The van der Waals surface area contributed by atoms with Gasteiger partial charge >= 0.3 is 0 Å². The number of aromatic amines is 1. The quantitative estimate of drug-likeness (QED) is 0.337. The Morgan fingerprint density at radius 3 is 2.71 bits per heavy atom. The van der Waals surface area contributed by atoms with E-state index in [1.165, 1.54) is 23.5 Å². The number of nitro benzene ring substituents is 1. The summed E-state index contributed by atoms with van der Waals surface area (Å²) in [5.74, 6) is 0.540. The van der Waals surface area contributed by atoms with Crippen molar-refractivity contribution in [3.8, 4) is 22.8 Å². The van der Waals surface area contributed by atoms with Crippen molar-refractivity contribution in [2.75, 3.05) is 0 Å². The molecule has 2 aromatic carbocycles. The van der Waals surface area contributed by atoms with Crippen LogP contribution in [-0.4, -0.2) is 29.5 Å². The Balaban J connectivity index is 1.77. The molecule has 0 aliphatic rings. The Labute approximate surface area is 166 Å². The van der Waals surface area contributed by atoms with E-state index in [0.29, 0.717) is 33.3 Å². The highest BCUT2D eigenvalue weighted by molar-refractivity contribution is 7.16. The first-order valence-corrected chi connectivity index (χ1v) is 9.46. The summed E-state index contributed by atoms with van der Waals surface area (Å²) in [5, 5.41) is 17.1. The predicted octanol–water partition coefficient (Wildman–Crippen LogP) is 4.87. The Morgan fingerprint density at radius 2 is 1.96 bits per heavy atom. The molecule has 0 saturated heterocycles. The molecule has 0 unspecified atom stereocenters. The Kier molecular flexibility index (Phi) is 3.68. The minimum atomic E-state index is -0.431. The minimum absolute atomic E-state index is 0.00330. The van der Waals surface area contributed by atoms with Crippen molar-refractivity contribution in [2.45, 2.75) is 6.92 Å². The summed E-state index contributed by atoms with van der Waals surface area (Å²) < 4.78 is 1.75. The number of aromatic nitrogens is 5. The number of non-ortho nitro benzene ring substituents is 1. The number of benzene rings is 2. The molecule has 0 fully saturated rings. The van der Waals surface area contributed by atoms with E-state index >= 15 is 0 Å². The van der Waals surface area contributed by atoms with E-state index < -0.39 is 4.92 Å². The highest BCUT2D eigenvalue weighted by atomic mass is 35.5. The highest BCUT2D eigenvalue weighted by Gasteiger charge is 2.22. The van der Waals surface area contributed by atoms with Gasteiger partial charge < -0.3 is 4.98 Å². The molecule has 5 aromatic rings. The van der Waals surface area contributed by atoms with E-state index in [1.807, 2.05) is 19.1 Å². The van der Waals surface area contributed by atoms with Gasteiger partial charge in [0.1, 0.15) is 16.4 Å². The molecule has 138 valence electrons.